The van der Waals surface area contributed by atoms with E-state index in [9.17, 15) is 19.5 Å². The molecule has 3 aromatic rings. The number of urea groups is 1. The molecule has 0 unspecified atom stereocenters. The van der Waals surface area contributed by atoms with E-state index in [-0.39, 0.29) is 48.7 Å². The molecule has 0 saturated carbocycles. The first-order valence-electron chi connectivity index (χ1n) is 16.5. The maximum Gasteiger partial charge on any atom is 0.323 e. The minimum atomic E-state index is -0.530. The molecule has 0 saturated heterocycles. The van der Waals surface area contributed by atoms with E-state index >= 15 is 0 Å². The summed E-state index contributed by atoms with van der Waals surface area (Å²) >= 11 is 0. The minimum absolute atomic E-state index is 0.113. The zero-order valence-corrected chi connectivity index (χ0v) is 28.5. The third-order valence-electron chi connectivity index (χ3n) is 8.48. The maximum absolute atomic E-state index is 14.4. The van der Waals surface area contributed by atoms with Crippen LogP contribution in [-0.2, 0) is 4.74 Å². The molecule has 1 aliphatic heterocycles. The monoisotopic (exact) mass is 660 g/mol. The van der Waals surface area contributed by atoms with Gasteiger partial charge in [-0.05, 0) is 87.7 Å². The number of amides is 4. The summed E-state index contributed by atoms with van der Waals surface area (Å²) in [6.07, 6.45) is 1.84. The van der Waals surface area contributed by atoms with E-state index in [0.29, 0.717) is 41.6 Å². The Kier molecular flexibility index (Phi) is 13.2. The first kappa shape index (κ1) is 36.2. The second-order valence-electron chi connectivity index (χ2n) is 12.4. The number of anilines is 2. The van der Waals surface area contributed by atoms with E-state index in [0.717, 1.165) is 19.3 Å². The molecular formula is C37H48N4O7. The van der Waals surface area contributed by atoms with Gasteiger partial charge in [-0.3, -0.25) is 9.59 Å². The highest BCUT2D eigenvalue weighted by molar-refractivity contribution is 6.02. The van der Waals surface area contributed by atoms with Crippen LogP contribution in [0.3, 0.4) is 0 Å². The van der Waals surface area contributed by atoms with Crippen molar-refractivity contribution in [2.24, 2.45) is 5.92 Å². The van der Waals surface area contributed by atoms with Gasteiger partial charge in [-0.15, -0.1) is 0 Å². The molecule has 11 nitrogen and oxygen atoms in total. The number of rotatable bonds is 8. The largest absolute Gasteiger partial charge is 0.497 e. The van der Waals surface area contributed by atoms with E-state index < -0.39 is 12.1 Å². The normalized spacial score (nSPS) is 19.6. The smallest absolute Gasteiger partial charge is 0.323 e. The Hall–Kier alpha value is -4.61. The van der Waals surface area contributed by atoms with Crippen molar-refractivity contribution in [2.45, 2.75) is 58.3 Å². The molecule has 4 amide bonds. The zero-order chi connectivity index (χ0) is 34.6. The number of benzene rings is 3. The van der Waals surface area contributed by atoms with Crippen molar-refractivity contribution in [1.82, 2.24) is 9.80 Å². The molecule has 3 N–H and O–H groups in total. The first-order valence-corrected chi connectivity index (χ1v) is 16.5. The topological polar surface area (TPSA) is 130 Å². The number of carbonyl (C=O) groups excluding carboxylic acids is 3. The molecule has 0 aliphatic carbocycles. The highest BCUT2D eigenvalue weighted by Gasteiger charge is 2.31. The number of likely N-dealkylation sites (N-methyl/N-ethyl adjacent to an activating group) is 1. The van der Waals surface area contributed by atoms with Crippen LogP contribution in [0.25, 0.3) is 0 Å². The number of fused-ring (bicyclic) bond motifs is 1. The summed E-state index contributed by atoms with van der Waals surface area (Å²) in [4.78, 5) is 43.7. The summed E-state index contributed by atoms with van der Waals surface area (Å²) in [5.74, 6) is 0.403. The number of methoxy groups -OCH3 is 1. The van der Waals surface area contributed by atoms with E-state index in [2.05, 4.69) is 10.6 Å². The lowest BCUT2D eigenvalue weighted by Crippen LogP contribution is -2.48. The SMILES string of the molecule is COc1ccc(NC(=O)Nc2ccc3c(c2)C(=O)N([C@@H](C)CO)C[C@H](C)[C@H](CN(C)C(=O)c2ccccc2)OCCCC[C@H](C)O3)cc1. The Balaban J connectivity index is 1.59. The molecule has 0 fully saturated rings. The lowest BCUT2D eigenvalue weighted by atomic mass is 10.0. The number of nitrogens with zero attached hydrogens (tertiary/aromatic N) is 2. The standard InChI is InChI=1S/C37H48N4O7/c1-25-22-41(26(2)24-42)36(44)32-21-30(39-37(45)38-29-14-17-31(46-5)18-15-29)16-19-33(32)48-27(3)11-9-10-20-47-34(25)23-40(4)35(43)28-12-7-6-8-13-28/h6-8,12-19,21,25-27,34,42H,9-11,20,22-24H2,1-5H3,(H2,38,39,45)/t25-,26-,27-,34-/m0/s1. The summed E-state index contributed by atoms with van der Waals surface area (Å²) in [6.45, 7) is 6.55. The minimum Gasteiger partial charge on any atom is -0.497 e. The van der Waals surface area contributed by atoms with Gasteiger partial charge in [-0.1, -0.05) is 25.1 Å². The van der Waals surface area contributed by atoms with Gasteiger partial charge in [-0.2, -0.15) is 0 Å². The Bertz CT molecular complexity index is 1500. The summed E-state index contributed by atoms with van der Waals surface area (Å²) in [5.41, 5.74) is 1.83. The van der Waals surface area contributed by atoms with E-state index in [4.69, 9.17) is 14.2 Å². The molecule has 1 heterocycles. The van der Waals surface area contributed by atoms with Crippen molar-refractivity contribution >= 4 is 29.2 Å². The van der Waals surface area contributed by atoms with Gasteiger partial charge in [0.25, 0.3) is 11.8 Å². The van der Waals surface area contributed by atoms with Gasteiger partial charge in [0.2, 0.25) is 0 Å². The van der Waals surface area contributed by atoms with Crippen molar-refractivity contribution in [3.05, 3.63) is 83.9 Å². The number of nitrogens with one attached hydrogen (secondary N) is 2. The molecule has 0 bridgehead atoms. The molecule has 258 valence electrons. The fourth-order valence-corrected chi connectivity index (χ4v) is 5.58. The Labute approximate surface area is 283 Å². The molecule has 0 radical (unpaired) electrons. The Morgan fingerprint density at radius 3 is 2.40 bits per heavy atom. The van der Waals surface area contributed by atoms with Crippen molar-refractivity contribution in [1.29, 1.82) is 0 Å². The summed E-state index contributed by atoms with van der Waals surface area (Å²) in [7, 11) is 3.32. The average molecular weight is 661 g/mol. The number of ether oxygens (including phenoxy) is 3. The van der Waals surface area contributed by atoms with Gasteiger partial charge in [0.1, 0.15) is 11.5 Å². The lowest BCUT2D eigenvalue weighted by Gasteiger charge is -2.36. The van der Waals surface area contributed by atoms with Crippen LogP contribution in [0, 0.1) is 5.92 Å². The molecular weight excluding hydrogens is 612 g/mol. The van der Waals surface area contributed by atoms with Gasteiger partial charge in [0, 0.05) is 49.6 Å². The third-order valence-corrected chi connectivity index (χ3v) is 8.48. The second kappa shape index (κ2) is 17.5. The quantitative estimate of drug-likeness (QED) is 0.274. The van der Waals surface area contributed by atoms with Crippen molar-refractivity contribution < 1.29 is 33.7 Å². The zero-order valence-electron chi connectivity index (χ0n) is 28.5. The molecule has 3 aromatic carbocycles. The molecule has 11 heteroatoms. The Morgan fingerprint density at radius 1 is 1.02 bits per heavy atom. The summed E-state index contributed by atoms with van der Waals surface area (Å²) in [6, 6.07) is 20.0. The molecule has 4 atom stereocenters. The van der Waals surface area contributed by atoms with E-state index in [1.54, 1.807) is 85.5 Å². The van der Waals surface area contributed by atoms with Gasteiger partial charge in [0.15, 0.2) is 0 Å². The highest BCUT2D eigenvalue weighted by Crippen LogP contribution is 2.29. The van der Waals surface area contributed by atoms with Crippen LogP contribution in [0.5, 0.6) is 11.5 Å². The molecule has 1 aliphatic rings. The summed E-state index contributed by atoms with van der Waals surface area (Å²) < 4.78 is 17.8. The number of carbonyl (C=O) groups is 3. The van der Waals surface area contributed by atoms with Crippen LogP contribution < -0.4 is 20.1 Å². The van der Waals surface area contributed by atoms with Crippen LogP contribution in [-0.4, -0.2) is 91.5 Å². The van der Waals surface area contributed by atoms with Gasteiger partial charge < -0.3 is 39.8 Å². The number of hydrogen-bond acceptors (Lipinski definition) is 7. The lowest BCUT2D eigenvalue weighted by molar-refractivity contribution is -0.0149. The van der Waals surface area contributed by atoms with E-state index in [1.165, 1.54) is 0 Å². The molecule has 48 heavy (non-hydrogen) atoms. The predicted molar refractivity (Wildman–Crippen MR) is 186 cm³/mol. The fraction of sp³-hybridized carbons (Fsp3) is 0.432. The van der Waals surface area contributed by atoms with Crippen LogP contribution in [0.1, 0.15) is 60.7 Å². The highest BCUT2D eigenvalue weighted by atomic mass is 16.5. The average Bonchev–Trinajstić information content (AvgIpc) is 3.09. The third kappa shape index (κ3) is 9.95. The van der Waals surface area contributed by atoms with Gasteiger partial charge >= 0.3 is 6.03 Å². The van der Waals surface area contributed by atoms with Crippen LogP contribution >= 0.6 is 0 Å². The molecule has 4 rings (SSSR count). The summed E-state index contributed by atoms with van der Waals surface area (Å²) in [5, 5.41) is 15.8. The van der Waals surface area contributed by atoms with Gasteiger partial charge in [-0.25, -0.2) is 4.79 Å². The van der Waals surface area contributed by atoms with Crippen molar-refractivity contribution in [3.63, 3.8) is 0 Å². The van der Waals surface area contributed by atoms with Crippen LogP contribution in [0.4, 0.5) is 16.2 Å². The van der Waals surface area contributed by atoms with Gasteiger partial charge in [0.05, 0.1) is 37.5 Å². The van der Waals surface area contributed by atoms with Crippen molar-refractivity contribution in [3.8, 4) is 11.5 Å². The predicted octanol–water partition coefficient (Wildman–Crippen LogP) is 5.91. The molecule has 0 spiro atoms. The number of aliphatic hydroxyl groups excluding tert-OH is 1. The van der Waals surface area contributed by atoms with Crippen LogP contribution in [0.15, 0.2) is 72.8 Å². The van der Waals surface area contributed by atoms with Crippen LogP contribution in [0.2, 0.25) is 0 Å². The second-order valence-corrected chi connectivity index (χ2v) is 12.4. The maximum atomic E-state index is 14.4. The molecule has 0 aromatic heterocycles. The van der Waals surface area contributed by atoms with Crippen molar-refractivity contribution in [2.75, 3.05) is 51.1 Å². The Morgan fingerprint density at radius 2 is 1.71 bits per heavy atom. The first-order chi connectivity index (χ1) is 23.1. The fourth-order valence-electron chi connectivity index (χ4n) is 5.58. The number of hydrogen-bond donors (Lipinski definition) is 3. The number of aliphatic hydroxyl groups is 1. The van der Waals surface area contributed by atoms with E-state index in [1.807, 2.05) is 32.0 Å².